The van der Waals surface area contributed by atoms with Gasteiger partial charge in [-0.3, -0.25) is 14.5 Å². The highest BCUT2D eigenvalue weighted by molar-refractivity contribution is 6.07. The van der Waals surface area contributed by atoms with Gasteiger partial charge in [-0.15, -0.1) is 0 Å². The number of carbonyl (C=O) groups excluding carboxylic acids is 3. The number of hydrogen-bond acceptors (Lipinski definition) is 5. The van der Waals surface area contributed by atoms with Gasteiger partial charge in [-0.05, 0) is 62.4 Å². The minimum atomic E-state index is -0.983. The summed E-state index contributed by atoms with van der Waals surface area (Å²) in [4.78, 5) is 45.2. The van der Waals surface area contributed by atoms with E-state index in [4.69, 9.17) is 4.42 Å². The van der Waals surface area contributed by atoms with Crippen molar-refractivity contribution < 1.29 is 18.8 Å². The van der Waals surface area contributed by atoms with Gasteiger partial charge in [0.25, 0.3) is 11.8 Å². The second kappa shape index (κ2) is 9.62. The maximum absolute atomic E-state index is 13.9. The normalized spacial score (nSPS) is 24.1. The van der Waals surface area contributed by atoms with Gasteiger partial charge in [0, 0.05) is 32.6 Å². The zero-order valence-electron chi connectivity index (χ0n) is 19.4. The van der Waals surface area contributed by atoms with E-state index in [2.05, 4.69) is 10.2 Å². The summed E-state index contributed by atoms with van der Waals surface area (Å²) in [5.74, 6) is 0.0170. The second-order valence-electron chi connectivity index (χ2n) is 9.61. The molecule has 0 radical (unpaired) electrons. The molecule has 0 spiro atoms. The van der Waals surface area contributed by atoms with Crippen molar-refractivity contribution in [2.45, 2.75) is 37.6 Å². The smallest absolute Gasteiger partial charge is 0.325 e. The molecule has 3 fully saturated rings. The first kappa shape index (κ1) is 22.7. The predicted octanol–water partition coefficient (Wildman–Crippen LogP) is 2.76. The molecular formula is C26H32N4O4. The van der Waals surface area contributed by atoms with Crippen LogP contribution in [0.2, 0.25) is 0 Å². The van der Waals surface area contributed by atoms with Crippen molar-refractivity contribution in [3.8, 4) is 0 Å². The lowest BCUT2D eigenvalue weighted by Crippen LogP contribution is -2.58. The zero-order chi connectivity index (χ0) is 23.5. The SMILES string of the molecule is O=C(c1ccco1)N1CCC([C@]2(Cc3ccccc3)NC(=O)N(CCN3CCCC3)C2=O)CC1. The minimum Gasteiger partial charge on any atom is -0.459 e. The lowest BCUT2D eigenvalue weighted by Gasteiger charge is -2.41. The number of piperidine rings is 1. The van der Waals surface area contributed by atoms with Crippen LogP contribution >= 0.6 is 0 Å². The van der Waals surface area contributed by atoms with Crippen molar-refractivity contribution in [2.75, 3.05) is 39.3 Å². The van der Waals surface area contributed by atoms with Gasteiger partial charge in [0.1, 0.15) is 5.54 Å². The first-order chi connectivity index (χ1) is 16.6. The number of furan rings is 1. The summed E-state index contributed by atoms with van der Waals surface area (Å²) in [5, 5.41) is 3.13. The molecule has 2 aromatic rings. The molecular weight excluding hydrogens is 432 g/mol. The third-order valence-electron chi connectivity index (χ3n) is 7.58. The van der Waals surface area contributed by atoms with Crippen LogP contribution in [-0.4, -0.2) is 77.4 Å². The molecule has 4 heterocycles. The van der Waals surface area contributed by atoms with E-state index < -0.39 is 5.54 Å². The Balaban J connectivity index is 1.34. The number of likely N-dealkylation sites (tertiary alicyclic amines) is 2. The Morgan fingerprint density at radius 3 is 2.38 bits per heavy atom. The van der Waals surface area contributed by atoms with Gasteiger partial charge in [0.05, 0.1) is 6.26 Å². The summed E-state index contributed by atoms with van der Waals surface area (Å²) in [7, 11) is 0. The predicted molar refractivity (Wildman–Crippen MR) is 126 cm³/mol. The molecule has 1 N–H and O–H groups in total. The fourth-order valence-electron chi connectivity index (χ4n) is 5.69. The Morgan fingerprint density at radius 1 is 0.971 bits per heavy atom. The van der Waals surface area contributed by atoms with Crippen molar-refractivity contribution >= 4 is 17.8 Å². The van der Waals surface area contributed by atoms with Crippen LogP contribution < -0.4 is 5.32 Å². The second-order valence-corrected chi connectivity index (χ2v) is 9.61. The summed E-state index contributed by atoms with van der Waals surface area (Å²) in [6, 6.07) is 13.0. The van der Waals surface area contributed by atoms with Gasteiger partial charge in [0.2, 0.25) is 0 Å². The average Bonchev–Trinajstić information content (AvgIpc) is 3.62. The Kier molecular flexibility index (Phi) is 6.41. The third kappa shape index (κ3) is 4.34. The average molecular weight is 465 g/mol. The van der Waals surface area contributed by atoms with E-state index in [1.54, 1.807) is 17.0 Å². The fraction of sp³-hybridized carbons (Fsp3) is 0.500. The molecule has 1 atom stereocenters. The maximum Gasteiger partial charge on any atom is 0.325 e. The number of nitrogens with one attached hydrogen (secondary N) is 1. The van der Waals surface area contributed by atoms with Gasteiger partial charge in [0.15, 0.2) is 5.76 Å². The molecule has 3 aliphatic heterocycles. The van der Waals surface area contributed by atoms with Crippen LogP contribution in [0.25, 0.3) is 0 Å². The van der Waals surface area contributed by atoms with Crippen molar-refractivity contribution in [3.63, 3.8) is 0 Å². The molecule has 0 unspecified atom stereocenters. The molecule has 1 aromatic carbocycles. The number of carbonyl (C=O) groups is 3. The number of nitrogens with zero attached hydrogens (tertiary/aromatic N) is 3. The van der Waals surface area contributed by atoms with E-state index in [1.807, 2.05) is 30.3 Å². The van der Waals surface area contributed by atoms with Gasteiger partial charge >= 0.3 is 6.03 Å². The Morgan fingerprint density at radius 2 is 1.71 bits per heavy atom. The molecule has 0 aliphatic carbocycles. The molecule has 3 saturated heterocycles. The topological polar surface area (TPSA) is 86.1 Å². The highest BCUT2D eigenvalue weighted by Gasteiger charge is 2.56. The van der Waals surface area contributed by atoms with Crippen molar-refractivity contribution in [3.05, 3.63) is 60.1 Å². The van der Waals surface area contributed by atoms with Gasteiger partial charge in [-0.1, -0.05) is 30.3 Å². The number of urea groups is 1. The summed E-state index contributed by atoms with van der Waals surface area (Å²) in [5.41, 5.74) is 0.0372. The summed E-state index contributed by atoms with van der Waals surface area (Å²) >= 11 is 0. The van der Waals surface area contributed by atoms with E-state index in [-0.39, 0.29) is 23.8 Å². The van der Waals surface area contributed by atoms with E-state index in [0.29, 0.717) is 44.7 Å². The van der Waals surface area contributed by atoms with Gasteiger partial charge in [-0.25, -0.2) is 4.79 Å². The fourth-order valence-corrected chi connectivity index (χ4v) is 5.69. The molecule has 0 bridgehead atoms. The molecule has 8 heteroatoms. The van der Waals surface area contributed by atoms with Crippen LogP contribution in [-0.2, 0) is 11.2 Å². The lowest BCUT2D eigenvalue weighted by atomic mass is 9.74. The highest BCUT2D eigenvalue weighted by atomic mass is 16.3. The first-order valence-corrected chi connectivity index (χ1v) is 12.3. The van der Waals surface area contributed by atoms with Gasteiger partial charge < -0.3 is 19.5 Å². The van der Waals surface area contributed by atoms with Crippen molar-refractivity contribution in [2.24, 2.45) is 5.92 Å². The first-order valence-electron chi connectivity index (χ1n) is 12.3. The number of imide groups is 1. The van der Waals surface area contributed by atoms with E-state index in [0.717, 1.165) is 25.2 Å². The van der Waals surface area contributed by atoms with E-state index in [1.165, 1.54) is 24.0 Å². The van der Waals surface area contributed by atoms with Crippen LogP contribution in [0, 0.1) is 5.92 Å². The lowest BCUT2D eigenvalue weighted by molar-refractivity contribution is -0.134. The number of rotatable bonds is 7. The van der Waals surface area contributed by atoms with Crippen molar-refractivity contribution in [1.82, 2.24) is 20.0 Å². The third-order valence-corrected chi connectivity index (χ3v) is 7.58. The molecule has 8 nitrogen and oxygen atoms in total. The Bertz CT molecular complexity index is 1010. The molecule has 5 rings (SSSR count). The largest absolute Gasteiger partial charge is 0.459 e. The van der Waals surface area contributed by atoms with E-state index >= 15 is 0 Å². The molecule has 0 saturated carbocycles. The van der Waals surface area contributed by atoms with Crippen LogP contribution in [0.1, 0.15) is 41.8 Å². The Labute approximate surface area is 199 Å². The summed E-state index contributed by atoms with van der Waals surface area (Å²) in [6.45, 7) is 4.24. The van der Waals surface area contributed by atoms with Crippen LogP contribution in [0.15, 0.2) is 53.1 Å². The standard InChI is InChI=1S/C26H32N4O4/c31-23(22-9-6-18-34-22)29-14-10-21(11-15-29)26(19-20-7-2-1-3-8-20)24(32)30(25(33)27-26)17-16-28-12-4-5-13-28/h1-3,6-9,18,21H,4-5,10-17,19H2,(H,27,33)/t26-/m0/s1. The summed E-state index contributed by atoms with van der Waals surface area (Å²) in [6.07, 6.45) is 5.59. The Hall–Kier alpha value is -3.13. The maximum atomic E-state index is 13.9. The molecule has 1 aromatic heterocycles. The van der Waals surface area contributed by atoms with Crippen LogP contribution in [0.5, 0.6) is 0 Å². The van der Waals surface area contributed by atoms with E-state index in [9.17, 15) is 14.4 Å². The van der Waals surface area contributed by atoms with Crippen LogP contribution in [0.3, 0.4) is 0 Å². The molecule has 34 heavy (non-hydrogen) atoms. The zero-order valence-corrected chi connectivity index (χ0v) is 19.4. The molecule has 180 valence electrons. The van der Waals surface area contributed by atoms with Gasteiger partial charge in [-0.2, -0.15) is 0 Å². The van der Waals surface area contributed by atoms with Crippen molar-refractivity contribution in [1.29, 1.82) is 0 Å². The minimum absolute atomic E-state index is 0.0541. The monoisotopic (exact) mass is 464 g/mol. The quantitative estimate of drug-likeness (QED) is 0.637. The summed E-state index contributed by atoms with van der Waals surface area (Å²) < 4.78 is 5.28. The van der Waals surface area contributed by atoms with Crippen LogP contribution in [0.4, 0.5) is 4.79 Å². The molecule has 4 amide bonds. The molecule has 3 aliphatic rings. The number of amides is 4. The number of hydrogen-bond donors (Lipinski definition) is 1. The number of benzene rings is 1. The highest BCUT2D eigenvalue weighted by Crippen LogP contribution is 2.37.